The number of hydrogen-bond donors (Lipinski definition) is 0. The van der Waals surface area contributed by atoms with Gasteiger partial charge >= 0.3 is 0 Å². The number of rotatable bonds is 3. The van der Waals surface area contributed by atoms with Crippen LogP contribution in [0.15, 0.2) is 18.2 Å². The van der Waals surface area contributed by atoms with Gasteiger partial charge in [0.15, 0.2) is 0 Å². The summed E-state index contributed by atoms with van der Waals surface area (Å²) in [5.74, 6) is 0.661. The lowest BCUT2D eigenvalue weighted by Crippen LogP contribution is -1.97. The van der Waals surface area contributed by atoms with Crippen molar-refractivity contribution >= 4 is 11.6 Å². The summed E-state index contributed by atoms with van der Waals surface area (Å²) in [6.45, 7) is 4.18. The molecule has 1 aromatic rings. The van der Waals surface area contributed by atoms with Gasteiger partial charge in [0.2, 0.25) is 0 Å². The van der Waals surface area contributed by atoms with E-state index >= 15 is 0 Å². The van der Waals surface area contributed by atoms with Crippen molar-refractivity contribution in [1.82, 2.24) is 0 Å². The van der Waals surface area contributed by atoms with E-state index in [4.69, 9.17) is 11.6 Å². The molecule has 0 aliphatic rings. The molecule has 0 saturated heterocycles. The summed E-state index contributed by atoms with van der Waals surface area (Å²) in [4.78, 5) is 0. The van der Waals surface area contributed by atoms with Crippen molar-refractivity contribution in [3.8, 4) is 0 Å². The summed E-state index contributed by atoms with van der Waals surface area (Å²) < 4.78 is 12.9. The van der Waals surface area contributed by atoms with E-state index in [1.807, 2.05) is 0 Å². The zero-order valence-electron chi connectivity index (χ0n) is 7.98. The van der Waals surface area contributed by atoms with Crippen LogP contribution >= 0.6 is 11.6 Å². The minimum Gasteiger partial charge on any atom is -0.207 e. The van der Waals surface area contributed by atoms with Crippen molar-refractivity contribution in [2.24, 2.45) is 0 Å². The Bertz CT molecular complexity index is 283. The molecule has 1 aromatic carbocycles. The van der Waals surface area contributed by atoms with E-state index in [1.54, 1.807) is 12.1 Å². The van der Waals surface area contributed by atoms with Crippen LogP contribution < -0.4 is 0 Å². The van der Waals surface area contributed by atoms with Crippen LogP contribution in [-0.2, 0) is 5.88 Å². The first-order valence-electron chi connectivity index (χ1n) is 4.53. The lowest BCUT2D eigenvalue weighted by molar-refractivity contribution is 0.618. The maximum atomic E-state index is 12.9. The van der Waals surface area contributed by atoms with Crippen LogP contribution in [0.2, 0.25) is 0 Å². The second-order valence-electron chi connectivity index (χ2n) is 3.29. The van der Waals surface area contributed by atoms with E-state index in [-0.39, 0.29) is 5.82 Å². The average molecular weight is 201 g/mol. The van der Waals surface area contributed by atoms with Gasteiger partial charge in [-0.25, -0.2) is 4.39 Å². The topological polar surface area (TPSA) is 0 Å². The smallest absolute Gasteiger partial charge is 0.123 e. The molecule has 0 saturated carbocycles. The maximum Gasteiger partial charge on any atom is 0.123 e. The molecule has 0 aromatic heterocycles. The molecule has 0 amide bonds. The summed E-state index contributed by atoms with van der Waals surface area (Å²) in [5.41, 5.74) is 2.08. The molecule has 72 valence electrons. The van der Waals surface area contributed by atoms with Gasteiger partial charge in [0.1, 0.15) is 5.82 Å². The normalized spacial score (nSPS) is 12.9. The minimum absolute atomic E-state index is 0.177. The molecule has 0 aliphatic carbocycles. The average Bonchev–Trinajstić information content (AvgIpc) is 2.16. The molecule has 13 heavy (non-hydrogen) atoms. The highest BCUT2D eigenvalue weighted by molar-refractivity contribution is 6.17. The second kappa shape index (κ2) is 4.61. The molecule has 0 spiro atoms. The highest BCUT2D eigenvalue weighted by Gasteiger charge is 2.09. The molecule has 1 rings (SSSR count). The predicted molar refractivity (Wildman–Crippen MR) is 54.7 cm³/mol. The number of benzene rings is 1. The number of hydrogen-bond acceptors (Lipinski definition) is 0. The van der Waals surface area contributed by atoms with E-state index < -0.39 is 0 Å². The van der Waals surface area contributed by atoms with Crippen molar-refractivity contribution < 1.29 is 4.39 Å². The molecule has 0 N–H and O–H groups in total. The van der Waals surface area contributed by atoms with Gasteiger partial charge in [-0.1, -0.05) is 19.9 Å². The molecule has 0 fully saturated rings. The van der Waals surface area contributed by atoms with Crippen LogP contribution in [0.3, 0.4) is 0 Å². The Morgan fingerprint density at radius 3 is 2.69 bits per heavy atom. The van der Waals surface area contributed by atoms with Crippen molar-refractivity contribution in [2.75, 3.05) is 0 Å². The van der Waals surface area contributed by atoms with Gasteiger partial charge in [0, 0.05) is 5.88 Å². The summed E-state index contributed by atoms with van der Waals surface area (Å²) in [6, 6.07) is 4.82. The quantitative estimate of drug-likeness (QED) is 0.645. The minimum atomic E-state index is -0.177. The lowest BCUT2D eigenvalue weighted by atomic mass is 9.94. The zero-order valence-corrected chi connectivity index (χ0v) is 8.74. The Hall–Kier alpha value is -0.560. The third-order valence-electron chi connectivity index (χ3n) is 2.40. The SMILES string of the molecule is CCC(C)c1cc(F)ccc1CCl. The van der Waals surface area contributed by atoms with E-state index in [9.17, 15) is 4.39 Å². The van der Waals surface area contributed by atoms with Crippen molar-refractivity contribution in [2.45, 2.75) is 32.1 Å². The van der Waals surface area contributed by atoms with Gasteiger partial charge in [-0.3, -0.25) is 0 Å². The van der Waals surface area contributed by atoms with E-state index in [2.05, 4.69) is 13.8 Å². The first-order chi connectivity index (χ1) is 6.19. The van der Waals surface area contributed by atoms with Crippen molar-refractivity contribution in [3.63, 3.8) is 0 Å². The Morgan fingerprint density at radius 1 is 1.46 bits per heavy atom. The first kappa shape index (κ1) is 10.5. The molecule has 1 unspecified atom stereocenters. The first-order valence-corrected chi connectivity index (χ1v) is 5.06. The molecule has 0 bridgehead atoms. The van der Waals surface area contributed by atoms with Crippen LogP contribution in [0.4, 0.5) is 4.39 Å². The molecular formula is C11H14ClF. The molecule has 0 heterocycles. The van der Waals surface area contributed by atoms with Crippen molar-refractivity contribution in [1.29, 1.82) is 0 Å². The Labute approximate surface area is 83.7 Å². The summed E-state index contributed by atoms with van der Waals surface area (Å²) >= 11 is 5.76. The highest BCUT2D eigenvalue weighted by atomic mass is 35.5. The predicted octanol–water partition coefficient (Wildman–Crippen LogP) is 4.08. The van der Waals surface area contributed by atoms with Crippen LogP contribution in [0, 0.1) is 5.82 Å². The second-order valence-corrected chi connectivity index (χ2v) is 3.55. The largest absolute Gasteiger partial charge is 0.207 e. The molecule has 0 nitrogen and oxygen atoms in total. The Kier molecular flexibility index (Phi) is 3.73. The molecule has 1 atom stereocenters. The third kappa shape index (κ3) is 2.44. The highest BCUT2D eigenvalue weighted by Crippen LogP contribution is 2.24. The van der Waals surface area contributed by atoms with Gasteiger partial charge < -0.3 is 0 Å². The molecule has 2 heteroatoms. The molecule has 0 radical (unpaired) electrons. The monoisotopic (exact) mass is 200 g/mol. The van der Waals surface area contributed by atoms with Gasteiger partial charge in [0.05, 0.1) is 0 Å². The van der Waals surface area contributed by atoms with Gasteiger partial charge in [0.25, 0.3) is 0 Å². The fourth-order valence-electron chi connectivity index (χ4n) is 1.37. The lowest BCUT2D eigenvalue weighted by Gasteiger charge is -2.13. The van der Waals surface area contributed by atoms with Crippen LogP contribution in [-0.4, -0.2) is 0 Å². The fourth-order valence-corrected chi connectivity index (χ4v) is 1.61. The van der Waals surface area contributed by atoms with E-state index in [0.717, 1.165) is 17.5 Å². The van der Waals surface area contributed by atoms with Crippen molar-refractivity contribution in [3.05, 3.63) is 35.1 Å². The standard InChI is InChI=1S/C11H14ClF/c1-3-8(2)11-6-10(13)5-4-9(11)7-12/h4-6,8H,3,7H2,1-2H3. The van der Waals surface area contributed by atoms with E-state index in [0.29, 0.717) is 11.8 Å². The number of alkyl halides is 1. The third-order valence-corrected chi connectivity index (χ3v) is 2.68. The van der Waals surface area contributed by atoms with Gasteiger partial charge in [-0.2, -0.15) is 0 Å². The van der Waals surface area contributed by atoms with Gasteiger partial charge in [-0.15, -0.1) is 11.6 Å². The summed E-state index contributed by atoms with van der Waals surface area (Å²) in [7, 11) is 0. The van der Waals surface area contributed by atoms with Crippen LogP contribution in [0.25, 0.3) is 0 Å². The van der Waals surface area contributed by atoms with Crippen LogP contribution in [0.1, 0.15) is 37.3 Å². The molecular weight excluding hydrogens is 187 g/mol. The summed E-state index contributed by atoms with van der Waals surface area (Å²) in [5, 5.41) is 0. The fraction of sp³-hybridized carbons (Fsp3) is 0.455. The van der Waals surface area contributed by atoms with Gasteiger partial charge in [-0.05, 0) is 35.6 Å². The number of halogens is 2. The van der Waals surface area contributed by atoms with Crippen LogP contribution in [0.5, 0.6) is 0 Å². The van der Waals surface area contributed by atoms with E-state index in [1.165, 1.54) is 6.07 Å². The Morgan fingerprint density at radius 2 is 2.15 bits per heavy atom. The Balaban J connectivity index is 3.07. The zero-order chi connectivity index (χ0) is 9.84. The molecule has 0 aliphatic heterocycles. The maximum absolute atomic E-state index is 12.9. The summed E-state index contributed by atoms with van der Waals surface area (Å²) in [6.07, 6.45) is 1.01.